The predicted molar refractivity (Wildman–Crippen MR) is 129 cm³/mol. The Morgan fingerprint density at radius 3 is 2.43 bits per heavy atom. The SMILES string of the molecule is Cc1ccc(Nc2ncc(F)c(Nc3ccc(C(=O)Nc4ccnn4C)cc3)n2)cc1S(N)(=O)=O. The molecule has 180 valence electrons. The number of nitrogens with one attached hydrogen (secondary N) is 3. The molecule has 0 saturated heterocycles. The van der Waals surface area contributed by atoms with Gasteiger partial charge >= 0.3 is 0 Å². The molecule has 4 aromatic rings. The number of carbonyl (C=O) groups excluding carboxylic acids is 1. The van der Waals surface area contributed by atoms with Gasteiger partial charge in [0.05, 0.1) is 17.3 Å². The van der Waals surface area contributed by atoms with Crippen LogP contribution in [0.3, 0.4) is 0 Å². The van der Waals surface area contributed by atoms with Crippen molar-refractivity contribution < 1.29 is 17.6 Å². The van der Waals surface area contributed by atoms with Crippen LogP contribution in [0.2, 0.25) is 0 Å². The summed E-state index contributed by atoms with van der Waals surface area (Å²) in [5, 5.41) is 17.6. The normalized spacial score (nSPS) is 11.2. The lowest BCUT2D eigenvalue weighted by atomic mass is 10.2. The Morgan fingerprint density at radius 2 is 1.77 bits per heavy atom. The van der Waals surface area contributed by atoms with Gasteiger partial charge in [-0.15, -0.1) is 0 Å². The molecule has 2 heterocycles. The second-order valence-electron chi connectivity index (χ2n) is 7.54. The highest BCUT2D eigenvalue weighted by Gasteiger charge is 2.14. The molecule has 2 aromatic carbocycles. The number of hydrogen-bond donors (Lipinski definition) is 4. The first-order valence-corrected chi connectivity index (χ1v) is 11.7. The number of aromatic nitrogens is 4. The Hall–Kier alpha value is -4.36. The van der Waals surface area contributed by atoms with Gasteiger partial charge in [0, 0.05) is 30.1 Å². The van der Waals surface area contributed by atoms with Crippen molar-refractivity contribution in [3.05, 3.63) is 77.9 Å². The van der Waals surface area contributed by atoms with Crippen molar-refractivity contribution in [3.63, 3.8) is 0 Å². The summed E-state index contributed by atoms with van der Waals surface area (Å²) in [6.07, 6.45) is 2.54. The Labute approximate surface area is 200 Å². The van der Waals surface area contributed by atoms with Crippen LogP contribution in [-0.4, -0.2) is 34.1 Å². The third-order valence-electron chi connectivity index (χ3n) is 4.97. The van der Waals surface area contributed by atoms with E-state index in [1.807, 2.05) is 0 Å². The first-order valence-electron chi connectivity index (χ1n) is 10.2. The van der Waals surface area contributed by atoms with Crippen molar-refractivity contribution in [3.8, 4) is 0 Å². The van der Waals surface area contributed by atoms with Crippen LogP contribution in [0.5, 0.6) is 0 Å². The Balaban J connectivity index is 1.49. The lowest BCUT2D eigenvalue weighted by Gasteiger charge is -2.11. The van der Waals surface area contributed by atoms with Gasteiger partial charge in [0.1, 0.15) is 5.82 Å². The molecule has 5 N–H and O–H groups in total. The lowest BCUT2D eigenvalue weighted by molar-refractivity contribution is 0.102. The van der Waals surface area contributed by atoms with Crippen LogP contribution in [0.4, 0.5) is 33.3 Å². The Bertz CT molecular complexity index is 1500. The number of nitrogens with two attached hydrogens (primary N) is 1. The molecule has 0 bridgehead atoms. The zero-order valence-corrected chi connectivity index (χ0v) is 19.5. The van der Waals surface area contributed by atoms with Gasteiger partial charge in [-0.1, -0.05) is 6.07 Å². The molecule has 0 fully saturated rings. The van der Waals surface area contributed by atoms with Crippen LogP contribution in [0.15, 0.2) is 65.8 Å². The number of primary sulfonamides is 1. The van der Waals surface area contributed by atoms with Crippen LogP contribution in [-0.2, 0) is 17.1 Å². The number of carbonyl (C=O) groups is 1. The maximum atomic E-state index is 14.3. The summed E-state index contributed by atoms with van der Waals surface area (Å²) in [7, 11) is -2.21. The number of nitrogens with zero attached hydrogens (tertiary/aromatic N) is 4. The second kappa shape index (κ2) is 9.48. The number of hydrogen-bond acceptors (Lipinski definition) is 8. The average Bonchev–Trinajstić information content (AvgIpc) is 3.21. The molecule has 0 aliphatic rings. The second-order valence-corrected chi connectivity index (χ2v) is 9.07. The van der Waals surface area contributed by atoms with Crippen molar-refractivity contribution in [2.24, 2.45) is 12.2 Å². The number of benzene rings is 2. The standard InChI is InChI=1S/C22H21FN8O3S/c1-13-3-6-16(11-18(13)35(24,33)34)28-22-25-12-17(23)20(30-22)27-15-7-4-14(5-8-15)21(32)29-19-9-10-26-31(19)2/h3-12H,1-2H3,(H,29,32)(H2,24,33,34)(H2,25,27,28,30). The van der Waals surface area contributed by atoms with E-state index in [4.69, 9.17) is 5.14 Å². The molecule has 4 rings (SSSR count). The molecule has 2 aromatic heterocycles. The summed E-state index contributed by atoms with van der Waals surface area (Å²) in [5.74, 6) is -0.566. The fourth-order valence-electron chi connectivity index (χ4n) is 3.16. The van der Waals surface area contributed by atoms with E-state index >= 15 is 0 Å². The maximum absolute atomic E-state index is 14.3. The monoisotopic (exact) mass is 496 g/mol. The number of sulfonamides is 1. The quantitative estimate of drug-likeness (QED) is 0.304. The minimum Gasteiger partial charge on any atom is -0.338 e. The third-order valence-corrected chi connectivity index (χ3v) is 6.02. The van der Waals surface area contributed by atoms with Gasteiger partial charge in [0.2, 0.25) is 16.0 Å². The summed E-state index contributed by atoms with van der Waals surface area (Å²) in [6.45, 7) is 1.62. The molecule has 0 saturated carbocycles. The minimum absolute atomic E-state index is 0.0327. The Morgan fingerprint density at radius 1 is 1.06 bits per heavy atom. The molecule has 0 radical (unpaired) electrons. The first-order chi connectivity index (χ1) is 16.6. The van der Waals surface area contributed by atoms with Crippen molar-refractivity contribution >= 4 is 44.9 Å². The third kappa shape index (κ3) is 5.59. The van der Waals surface area contributed by atoms with Crippen molar-refractivity contribution in [2.45, 2.75) is 11.8 Å². The van der Waals surface area contributed by atoms with E-state index in [1.165, 1.54) is 10.7 Å². The van der Waals surface area contributed by atoms with Crippen molar-refractivity contribution in [1.82, 2.24) is 19.7 Å². The molecule has 1 amide bonds. The van der Waals surface area contributed by atoms with E-state index in [1.54, 1.807) is 62.6 Å². The number of anilines is 5. The molecule has 0 unspecified atom stereocenters. The van der Waals surface area contributed by atoms with Crippen molar-refractivity contribution in [2.75, 3.05) is 16.0 Å². The van der Waals surface area contributed by atoms with E-state index in [0.717, 1.165) is 6.20 Å². The van der Waals surface area contributed by atoms with Gasteiger partial charge in [-0.25, -0.2) is 22.9 Å². The molecule has 0 atom stereocenters. The highest BCUT2D eigenvalue weighted by atomic mass is 32.2. The lowest BCUT2D eigenvalue weighted by Crippen LogP contribution is -2.14. The van der Waals surface area contributed by atoms with Crippen LogP contribution in [0, 0.1) is 12.7 Å². The largest absolute Gasteiger partial charge is 0.338 e. The molecular formula is C22H21FN8O3S. The minimum atomic E-state index is -3.92. The number of amides is 1. The first kappa shape index (κ1) is 23.8. The summed E-state index contributed by atoms with van der Waals surface area (Å²) in [5.41, 5.74) is 1.73. The van der Waals surface area contributed by atoms with E-state index in [-0.39, 0.29) is 22.6 Å². The molecule has 0 aliphatic carbocycles. The average molecular weight is 497 g/mol. The summed E-state index contributed by atoms with van der Waals surface area (Å²) in [6, 6.07) is 12.6. The van der Waals surface area contributed by atoms with Crippen LogP contribution >= 0.6 is 0 Å². The number of rotatable bonds is 7. The predicted octanol–water partition coefficient (Wildman–Crippen LogP) is 3.04. The molecule has 0 spiro atoms. The highest BCUT2D eigenvalue weighted by Crippen LogP contribution is 2.24. The topological polar surface area (TPSA) is 157 Å². The van der Waals surface area contributed by atoms with Gasteiger partial charge in [-0.2, -0.15) is 10.1 Å². The highest BCUT2D eigenvalue weighted by molar-refractivity contribution is 7.89. The molecule has 35 heavy (non-hydrogen) atoms. The van der Waals surface area contributed by atoms with Gasteiger partial charge in [0.15, 0.2) is 11.6 Å². The fourth-order valence-corrected chi connectivity index (χ4v) is 3.96. The van der Waals surface area contributed by atoms with Crippen molar-refractivity contribution in [1.29, 1.82) is 0 Å². The van der Waals surface area contributed by atoms with E-state index < -0.39 is 15.8 Å². The zero-order chi connectivity index (χ0) is 25.2. The summed E-state index contributed by atoms with van der Waals surface area (Å²) < 4.78 is 39.4. The van der Waals surface area contributed by atoms with Gasteiger partial charge in [0.25, 0.3) is 5.91 Å². The van der Waals surface area contributed by atoms with Gasteiger partial charge in [-0.05, 0) is 48.9 Å². The Kier molecular flexibility index (Phi) is 6.44. The van der Waals surface area contributed by atoms with Crippen LogP contribution in [0.25, 0.3) is 0 Å². The zero-order valence-electron chi connectivity index (χ0n) is 18.7. The molecule has 13 heteroatoms. The smallest absolute Gasteiger partial charge is 0.256 e. The van der Waals surface area contributed by atoms with Gasteiger partial charge < -0.3 is 16.0 Å². The molecule has 11 nitrogen and oxygen atoms in total. The summed E-state index contributed by atoms with van der Waals surface area (Å²) >= 11 is 0. The van der Waals surface area contributed by atoms with Gasteiger partial charge in [-0.3, -0.25) is 9.48 Å². The number of aryl methyl sites for hydroxylation is 2. The van der Waals surface area contributed by atoms with E-state index in [9.17, 15) is 17.6 Å². The molecular weight excluding hydrogens is 475 g/mol. The maximum Gasteiger partial charge on any atom is 0.256 e. The van der Waals surface area contributed by atoms with E-state index in [2.05, 4.69) is 31.0 Å². The van der Waals surface area contributed by atoms with E-state index in [0.29, 0.717) is 28.3 Å². The van der Waals surface area contributed by atoms with Crippen LogP contribution in [0.1, 0.15) is 15.9 Å². The summed E-state index contributed by atoms with van der Waals surface area (Å²) in [4.78, 5) is 20.4. The van der Waals surface area contributed by atoms with Crippen LogP contribution < -0.4 is 21.1 Å². The fraction of sp³-hybridized carbons (Fsp3) is 0.0909. The molecule has 0 aliphatic heterocycles. The number of halogens is 1.